The van der Waals surface area contributed by atoms with E-state index in [1.807, 2.05) is 53.1 Å². The Bertz CT molecular complexity index is 1230. The van der Waals surface area contributed by atoms with Crippen molar-refractivity contribution in [3.05, 3.63) is 65.4 Å². The van der Waals surface area contributed by atoms with E-state index in [1.54, 1.807) is 0 Å². The molecular formula is C27H29N3O3. The van der Waals surface area contributed by atoms with E-state index in [0.29, 0.717) is 13.0 Å². The van der Waals surface area contributed by atoms with Gasteiger partial charge in [0.15, 0.2) is 0 Å². The van der Waals surface area contributed by atoms with E-state index in [4.69, 9.17) is 4.74 Å². The third kappa shape index (κ3) is 3.15. The van der Waals surface area contributed by atoms with E-state index in [9.17, 15) is 9.59 Å². The zero-order valence-electron chi connectivity index (χ0n) is 18.9. The van der Waals surface area contributed by atoms with Crippen molar-refractivity contribution in [1.82, 2.24) is 14.8 Å². The minimum absolute atomic E-state index is 0.0205. The maximum atomic E-state index is 13.8. The molecule has 1 N–H and O–H groups in total. The Morgan fingerprint density at radius 1 is 1.03 bits per heavy atom. The van der Waals surface area contributed by atoms with Gasteiger partial charge in [-0.15, -0.1) is 0 Å². The van der Waals surface area contributed by atoms with E-state index in [-0.39, 0.29) is 30.4 Å². The van der Waals surface area contributed by atoms with E-state index >= 15 is 0 Å². The summed E-state index contributed by atoms with van der Waals surface area (Å²) in [5.41, 5.74) is 4.09. The van der Waals surface area contributed by atoms with Crippen LogP contribution in [0.4, 0.5) is 0 Å². The molecule has 2 aromatic carbocycles. The molecule has 0 bridgehead atoms. The minimum Gasteiger partial charge on any atom is -0.494 e. The van der Waals surface area contributed by atoms with Crippen LogP contribution in [0.15, 0.2) is 48.5 Å². The minimum atomic E-state index is -0.488. The Labute approximate surface area is 193 Å². The summed E-state index contributed by atoms with van der Waals surface area (Å²) >= 11 is 0. The lowest BCUT2D eigenvalue weighted by molar-refractivity contribution is -0.160. The first-order chi connectivity index (χ1) is 16.2. The van der Waals surface area contributed by atoms with Gasteiger partial charge in [-0.1, -0.05) is 49.2 Å². The predicted octanol–water partition coefficient (Wildman–Crippen LogP) is 4.19. The van der Waals surface area contributed by atoms with Gasteiger partial charge in [-0.05, 0) is 37.5 Å². The zero-order chi connectivity index (χ0) is 22.5. The quantitative estimate of drug-likeness (QED) is 0.657. The van der Waals surface area contributed by atoms with Gasteiger partial charge in [0.2, 0.25) is 11.8 Å². The molecule has 1 aromatic heterocycles. The smallest absolute Gasteiger partial charge is 0.246 e. The Morgan fingerprint density at radius 3 is 2.61 bits per heavy atom. The second-order valence-electron chi connectivity index (χ2n) is 9.36. The van der Waals surface area contributed by atoms with Crippen LogP contribution in [0, 0.1) is 0 Å². The number of para-hydroxylation sites is 2. The first kappa shape index (κ1) is 20.3. The van der Waals surface area contributed by atoms with Crippen LogP contribution in [0.25, 0.3) is 10.9 Å². The van der Waals surface area contributed by atoms with Crippen molar-refractivity contribution in [1.29, 1.82) is 0 Å². The number of piperazine rings is 1. The van der Waals surface area contributed by atoms with Crippen molar-refractivity contribution < 1.29 is 14.3 Å². The number of H-pyrrole nitrogens is 1. The molecule has 0 radical (unpaired) electrons. The highest BCUT2D eigenvalue weighted by Crippen LogP contribution is 2.45. The number of rotatable bonds is 4. The second-order valence-corrected chi connectivity index (χ2v) is 9.36. The first-order valence-electron chi connectivity index (χ1n) is 12.1. The number of carbonyl (C=O) groups excluding carboxylic acids is 2. The lowest BCUT2D eigenvalue weighted by Crippen LogP contribution is -2.64. The van der Waals surface area contributed by atoms with Crippen LogP contribution in [-0.4, -0.2) is 51.8 Å². The number of aromatic nitrogens is 1. The first-order valence-corrected chi connectivity index (χ1v) is 12.1. The molecule has 33 heavy (non-hydrogen) atoms. The molecule has 2 fully saturated rings. The monoisotopic (exact) mass is 443 g/mol. The maximum absolute atomic E-state index is 13.8. The lowest BCUT2D eigenvalue weighted by atomic mass is 9.85. The Morgan fingerprint density at radius 2 is 1.79 bits per heavy atom. The highest BCUT2D eigenvalue weighted by molar-refractivity contribution is 5.98. The van der Waals surface area contributed by atoms with Gasteiger partial charge in [0.05, 0.1) is 6.61 Å². The standard InChI is InChI=1S/C27H29N3O3/c1-2-33-23-14-8-6-12-19(23)26-25-20(18-11-5-7-13-21(18)28-25)15-22-27(32)29(16-24(31)30(22)26)17-9-3-4-10-17/h5-8,11-14,17,22,26,28H,2-4,9-10,15-16H2,1H3. The predicted molar refractivity (Wildman–Crippen MR) is 126 cm³/mol. The number of amides is 2. The van der Waals surface area contributed by atoms with E-state index < -0.39 is 6.04 Å². The molecule has 1 saturated carbocycles. The summed E-state index contributed by atoms with van der Waals surface area (Å²) < 4.78 is 5.98. The number of fused-ring (bicyclic) bond motifs is 4. The SMILES string of the molecule is CCOc1ccccc1C1c2[nH]c3ccccc3c2CC2C(=O)N(C3CCCC3)CC(=O)N21. The number of hydrogen-bond donors (Lipinski definition) is 1. The number of nitrogens with zero attached hydrogens (tertiary/aromatic N) is 2. The number of carbonyl (C=O) groups is 2. The fraction of sp³-hybridized carbons (Fsp3) is 0.407. The molecule has 1 saturated heterocycles. The van der Waals surface area contributed by atoms with Gasteiger partial charge in [0, 0.05) is 34.6 Å². The molecule has 2 unspecified atom stereocenters. The molecule has 3 aliphatic rings. The highest BCUT2D eigenvalue weighted by Gasteiger charge is 2.50. The van der Waals surface area contributed by atoms with Gasteiger partial charge >= 0.3 is 0 Å². The summed E-state index contributed by atoms with van der Waals surface area (Å²) in [7, 11) is 0. The molecule has 2 aliphatic heterocycles. The molecule has 2 atom stereocenters. The van der Waals surface area contributed by atoms with Crippen LogP contribution in [0.2, 0.25) is 0 Å². The van der Waals surface area contributed by atoms with Crippen LogP contribution in [0.1, 0.15) is 55.5 Å². The Kier molecular flexibility index (Phi) is 4.89. The fourth-order valence-corrected chi connectivity index (χ4v) is 6.13. The van der Waals surface area contributed by atoms with Crippen molar-refractivity contribution in [3.63, 3.8) is 0 Å². The van der Waals surface area contributed by atoms with Crippen molar-refractivity contribution in [2.24, 2.45) is 0 Å². The van der Waals surface area contributed by atoms with Gasteiger partial charge in [-0.3, -0.25) is 9.59 Å². The number of hydrogen-bond acceptors (Lipinski definition) is 3. The maximum Gasteiger partial charge on any atom is 0.246 e. The third-order valence-corrected chi connectivity index (χ3v) is 7.57. The highest BCUT2D eigenvalue weighted by atomic mass is 16.5. The Balaban J connectivity index is 1.52. The van der Waals surface area contributed by atoms with Gasteiger partial charge in [-0.25, -0.2) is 0 Å². The number of ether oxygens (including phenoxy) is 1. The molecule has 6 rings (SSSR count). The van der Waals surface area contributed by atoms with Crippen LogP contribution in [-0.2, 0) is 16.0 Å². The van der Waals surface area contributed by atoms with Gasteiger partial charge < -0.3 is 19.5 Å². The zero-order valence-corrected chi connectivity index (χ0v) is 18.9. The lowest BCUT2D eigenvalue weighted by Gasteiger charge is -2.48. The van der Waals surface area contributed by atoms with Crippen LogP contribution in [0.3, 0.4) is 0 Å². The van der Waals surface area contributed by atoms with Crippen LogP contribution >= 0.6 is 0 Å². The largest absolute Gasteiger partial charge is 0.494 e. The van der Waals surface area contributed by atoms with Crippen molar-refractivity contribution in [3.8, 4) is 5.75 Å². The summed E-state index contributed by atoms with van der Waals surface area (Å²) in [5, 5.41) is 1.13. The van der Waals surface area contributed by atoms with E-state index in [0.717, 1.165) is 59.2 Å². The summed E-state index contributed by atoms with van der Waals surface area (Å²) in [6.45, 7) is 2.67. The van der Waals surface area contributed by atoms with Gasteiger partial charge in [-0.2, -0.15) is 0 Å². The Hall–Kier alpha value is -3.28. The second kappa shape index (κ2) is 7.94. The average molecular weight is 444 g/mol. The summed E-state index contributed by atoms with van der Waals surface area (Å²) in [6.07, 6.45) is 4.81. The molecule has 3 aromatic rings. The van der Waals surface area contributed by atoms with Gasteiger partial charge in [0.1, 0.15) is 24.4 Å². The third-order valence-electron chi connectivity index (χ3n) is 7.57. The molecule has 6 nitrogen and oxygen atoms in total. The van der Waals surface area contributed by atoms with Crippen LogP contribution < -0.4 is 4.74 Å². The normalized spacial score (nSPS) is 23.2. The van der Waals surface area contributed by atoms with Gasteiger partial charge in [0.25, 0.3) is 0 Å². The summed E-state index contributed by atoms with van der Waals surface area (Å²) in [6, 6.07) is 15.4. The molecule has 2 amide bonds. The van der Waals surface area contributed by atoms with Crippen molar-refractivity contribution in [2.75, 3.05) is 13.2 Å². The summed E-state index contributed by atoms with van der Waals surface area (Å²) in [5.74, 6) is 0.872. The van der Waals surface area contributed by atoms with Crippen LogP contribution in [0.5, 0.6) is 5.75 Å². The number of nitrogens with one attached hydrogen (secondary N) is 1. The van der Waals surface area contributed by atoms with Crippen molar-refractivity contribution in [2.45, 2.75) is 57.2 Å². The average Bonchev–Trinajstić information content (AvgIpc) is 3.49. The number of aromatic amines is 1. The molecule has 0 spiro atoms. The molecule has 1 aliphatic carbocycles. The molecule has 3 heterocycles. The molecule has 6 heteroatoms. The van der Waals surface area contributed by atoms with E-state index in [1.165, 1.54) is 0 Å². The number of benzene rings is 2. The molecular weight excluding hydrogens is 414 g/mol. The molecule has 170 valence electrons. The summed E-state index contributed by atoms with van der Waals surface area (Å²) in [4.78, 5) is 34.8. The fourth-order valence-electron chi connectivity index (χ4n) is 6.13. The van der Waals surface area contributed by atoms with E-state index in [2.05, 4.69) is 17.1 Å². The van der Waals surface area contributed by atoms with Crippen molar-refractivity contribution >= 4 is 22.7 Å². The topological polar surface area (TPSA) is 65.6 Å².